The summed E-state index contributed by atoms with van der Waals surface area (Å²) in [5.41, 5.74) is 0. The third-order valence-corrected chi connectivity index (χ3v) is 0.691. The van der Waals surface area contributed by atoms with Crippen LogP contribution in [0, 0.1) is 6.07 Å². The minimum atomic E-state index is 0. The van der Waals surface area contributed by atoms with Gasteiger partial charge < -0.3 is 5.11 Å². The fourth-order valence-corrected chi connectivity index (χ4v) is 0.384. The van der Waals surface area contributed by atoms with Crippen molar-refractivity contribution in [1.29, 1.82) is 0 Å². The number of aromatic hydroxyl groups is 1. The molecule has 1 nitrogen and oxygen atoms in total. The van der Waals surface area contributed by atoms with Crippen LogP contribution in [0.2, 0.25) is 0 Å². The van der Waals surface area contributed by atoms with E-state index in [4.69, 9.17) is 5.11 Å². The van der Waals surface area contributed by atoms with Gasteiger partial charge in [-0.3, -0.25) is 0 Å². The van der Waals surface area contributed by atoms with Gasteiger partial charge in [-0.15, -0.1) is 12.1 Å². The van der Waals surface area contributed by atoms with E-state index in [1.165, 1.54) is 6.07 Å². The van der Waals surface area contributed by atoms with Crippen LogP contribution < -0.4 is 0 Å². The molecule has 0 fully saturated rings. The Hall–Kier alpha value is 0.124. The summed E-state index contributed by atoms with van der Waals surface area (Å²) in [6.45, 7) is 0. The summed E-state index contributed by atoms with van der Waals surface area (Å²) < 4.78 is 0. The molecule has 0 atom stereocenters. The summed E-state index contributed by atoms with van der Waals surface area (Å²) in [7, 11) is 0. The second kappa shape index (κ2) is 4.05. The second-order valence-corrected chi connectivity index (χ2v) is 1.26. The third-order valence-electron chi connectivity index (χ3n) is 0.691. The molecule has 1 aromatic rings. The maximum Gasteiger partial charge on any atom is 0.00321 e. The minimum absolute atomic E-state index is 0. The summed E-state index contributed by atoms with van der Waals surface area (Å²) in [5, 5.41) is 8.60. The van der Waals surface area contributed by atoms with E-state index in [0.29, 0.717) is 0 Å². The molecule has 1 aromatic carbocycles. The first-order chi connectivity index (χ1) is 3.39. The molecule has 0 spiro atoms. The van der Waals surface area contributed by atoms with Gasteiger partial charge in [0.25, 0.3) is 0 Å². The molecule has 8 heavy (non-hydrogen) atoms. The van der Waals surface area contributed by atoms with Crippen molar-refractivity contribution in [3.8, 4) is 5.75 Å². The van der Waals surface area contributed by atoms with Gasteiger partial charge in [0.2, 0.25) is 0 Å². The maximum atomic E-state index is 8.60. The molecule has 0 saturated carbocycles. The first kappa shape index (κ1) is 8.12. The van der Waals surface area contributed by atoms with Crippen molar-refractivity contribution in [2.24, 2.45) is 0 Å². The van der Waals surface area contributed by atoms with Crippen LogP contribution in [0.3, 0.4) is 0 Å². The Kier molecular flexibility index (Phi) is 4.11. The van der Waals surface area contributed by atoms with Gasteiger partial charge in [-0.1, -0.05) is 0 Å². The first-order valence-electron chi connectivity index (χ1n) is 2.04. The molecular weight excluding hydrogens is 177 g/mol. The smallest absolute Gasteiger partial charge is 0.00321 e. The van der Waals surface area contributed by atoms with E-state index in [2.05, 4.69) is 6.07 Å². The molecular formula is C6H5OY-. The van der Waals surface area contributed by atoms with Crippen molar-refractivity contribution >= 4 is 0 Å². The average Bonchev–Trinajstić information content (AvgIpc) is 1.69. The number of phenols is 1. The predicted octanol–water partition coefficient (Wildman–Crippen LogP) is 1.19. The molecule has 0 unspecified atom stereocenters. The van der Waals surface area contributed by atoms with Crippen LogP contribution in [0.25, 0.3) is 0 Å². The molecule has 0 saturated heterocycles. The van der Waals surface area contributed by atoms with Gasteiger partial charge >= 0.3 is 0 Å². The van der Waals surface area contributed by atoms with Crippen molar-refractivity contribution in [3.05, 3.63) is 30.3 Å². The van der Waals surface area contributed by atoms with Gasteiger partial charge in [0.1, 0.15) is 0 Å². The number of phenolic OH excluding ortho intramolecular Hbond substituents is 1. The Bertz CT molecular complexity index is 138. The van der Waals surface area contributed by atoms with Crippen LogP contribution >= 0.6 is 0 Å². The fourth-order valence-electron chi connectivity index (χ4n) is 0.384. The van der Waals surface area contributed by atoms with Crippen molar-refractivity contribution < 1.29 is 37.8 Å². The second-order valence-electron chi connectivity index (χ2n) is 1.26. The zero-order valence-electron chi connectivity index (χ0n) is 4.33. The summed E-state index contributed by atoms with van der Waals surface area (Å²) in [5.74, 6) is 0.266. The molecule has 1 N–H and O–H groups in total. The Morgan fingerprint density at radius 3 is 2.50 bits per heavy atom. The number of benzene rings is 1. The first-order valence-corrected chi connectivity index (χ1v) is 2.04. The average molecular weight is 182 g/mol. The van der Waals surface area contributed by atoms with Crippen molar-refractivity contribution in [2.45, 2.75) is 0 Å². The maximum absolute atomic E-state index is 8.60. The normalized spacial score (nSPS) is 7.50. The quantitative estimate of drug-likeness (QED) is 0.597. The van der Waals surface area contributed by atoms with Gasteiger partial charge in [0.05, 0.1) is 0 Å². The van der Waals surface area contributed by atoms with E-state index >= 15 is 0 Å². The molecule has 1 radical (unpaired) electrons. The SMILES string of the molecule is Oc1c[c-]ccc1.[Y]. The van der Waals surface area contributed by atoms with Crippen LogP contribution in [0.5, 0.6) is 5.75 Å². The minimum Gasteiger partial charge on any atom is -0.566 e. The summed E-state index contributed by atoms with van der Waals surface area (Å²) in [4.78, 5) is 0. The van der Waals surface area contributed by atoms with Crippen LogP contribution in [0.15, 0.2) is 24.3 Å². The molecule has 0 amide bonds. The molecule has 2 heteroatoms. The van der Waals surface area contributed by atoms with Crippen LogP contribution in [-0.4, -0.2) is 5.11 Å². The van der Waals surface area contributed by atoms with E-state index < -0.39 is 0 Å². The monoisotopic (exact) mass is 182 g/mol. The topological polar surface area (TPSA) is 20.2 Å². The van der Waals surface area contributed by atoms with E-state index in [9.17, 15) is 0 Å². The largest absolute Gasteiger partial charge is 0.566 e. The Morgan fingerprint density at radius 1 is 1.50 bits per heavy atom. The number of hydrogen-bond donors (Lipinski definition) is 1. The van der Waals surface area contributed by atoms with Gasteiger partial charge in [-0.05, 0) is 0 Å². The summed E-state index contributed by atoms with van der Waals surface area (Å²) in [6.07, 6.45) is 0. The summed E-state index contributed by atoms with van der Waals surface area (Å²) in [6, 6.07) is 9.30. The molecule has 0 aliphatic rings. The molecule has 0 heterocycles. The standard InChI is InChI=1S/C6H5O.Y/c7-6-4-2-1-3-5-6;/h1-2,4-5,7H;/q-1;. The van der Waals surface area contributed by atoms with Crippen LogP contribution in [0.4, 0.5) is 0 Å². The number of hydrogen-bond acceptors (Lipinski definition) is 1. The van der Waals surface area contributed by atoms with E-state index in [1.807, 2.05) is 0 Å². The van der Waals surface area contributed by atoms with E-state index in [0.717, 1.165) is 0 Å². The Balaban J connectivity index is 0.000000490. The molecule has 1 rings (SSSR count). The zero-order valence-corrected chi connectivity index (χ0v) is 7.17. The molecule has 39 valence electrons. The van der Waals surface area contributed by atoms with Gasteiger partial charge in [0.15, 0.2) is 0 Å². The van der Waals surface area contributed by atoms with Crippen molar-refractivity contribution in [2.75, 3.05) is 0 Å². The summed E-state index contributed by atoms with van der Waals surface area (Å²) >= 11 is 0. The van der Waals surface area contributed by atoms with E-state index in [1.54, 1.807) is 18.2 Å². The molecule has 0 aromatic heterocycles. The van der Waals surface area contributed by atoms with Gasteiger partial charge in [-0.2, -0.15) is 18.2 Å². The zero-order chi connectivity index (χ0) is 5.11. The fraction of sp³-hybridized carbons (Fsp3) is 0. The molecule has 0 aliphatic heterocycles. The van der Waals surface area contributed by atoms with Gasteiger partial charge in [0, 0.05) is 38.5 Å². The van der Waals surface area contributed by atoms with E-state index in [-0.39, 0.29) is 38.5 Å². The molecule has 0 bridgehead atoms. The van der Waals surface area contributed by atoms with Crippen molar-refractivity contribution in [3.63, 3.8) is 0 Å². The van der Waals surface area contributed by atoms with Crippen LogP contribution in [0.1, 0.15) is 0 Å². The predicted molar refractivity (Wildman–Crippen MR) is 26.9 cm³/mol. The van der Waals surface area contributed by atoms with Gasteiger partial charge in [-0.25, -0.2) is 0 Å². The van der Waals surface area contributed by atoms with Crippen molar-refractivity contribution in [1.82, 2.24) is 0 Å². The Morgan fingerprint density at radius 2 is 2.25 bits per heavy atom. The number of rotatable bonds is 0. The Labute approximate surface area is 73.6 Å². The third kappa shape index (κ3) is 2.44. The van der Waals surface area contributed by atoms with Crippen LogP contribution in [-0.2, 0) is 32.7 Å². The molecule has 0 aliphatic carbocycles.